The van der Waals surface area contributed by atoms with Gasteiger partial charge in [-0.05, 0) is 79.6 Å². The zero-order chi connectivity index (χ0) is 23.4. The summed E-state index contributed by atoms with van der Waals surface area (Å²) in [5, 5.41) is 9.23. The molecular weight excluding hydrogens is 424 g/mol. The zero-order valence-corrected chi connectivity index (χ0v) is 20.0. The fourth-order valence-electron chi connectivity index (χ4n) is 5.57. The van der Waals surface area contributed by atoms with Crippen LogP contribution in [-0.4, -0.2) is 43.6 Å². The topological polar surface area (TPSA) is 78.8 Å². The summed E-state index contributed by atoms with van der Waals surface area (Å²) in [6, 6.07) is 7.21. The first-order valence-corrected chi connectivity index (χ1v) is 12.1. The predicted octanol–water partition coefficient (Wildman–Crippen LogP) is 4.20. The number of hydrogen-bond donors (Lipinski definition) is 2. The van der Waals surface area contributed by atoms with E-state index < -0.39 is 0 Å². The molecule has 3 aromatic heterocycles. The molecule has 4 aromatic rings. The quantitative estimate of drug-likeness (QED) is 0.486. The fourth-order valence-corrected chi connectivity index (χ4v) is 5.57. The second-order valence-electron chi connectivity index (χ2n) is 9.72. The highest BCUT2D eigenvalue weighted by Crippen LogP contribution is 2.36. The number of aryl methyl sites for hydroxylation is 3. The first-order chi connectivity index (χ1) is 16.5. The Balaban J connectivity index is 1.40. The van der Waals surface area contributed by atoms with E-state index in [4.69, 9.17) is 0 Å². The number of hydrogen-bond acceptors (Lipinski definition) is 4. The Hall–Kier alpha value is -3.45. The highest BCUT2D eigenvalue weighted by molar-refractivity contribution is 5.95. The van der Waals surface area contributed by atoms with Gasteiger partial charge in [0.25, 0.3) is 5.91 Å². The van der Waals surface area contributed by atoms with Crippen LogP contribution in [0, 0.1) is 13.8 Å². The van der Waals surface area contributed by atoms with Gasteiger partial charge in [-0.25, -0.2) is 4.98 Å². The van der Waals surface area contributed by atoms with Gasteiger partial charge in [-0.2, -0.15) is 5.10 Å². The second kappa shape index (κ2) is 8.09. The third kappa shape index (κ3) is 3.51. The molecule has 1 amide bonds. The predicted molar refractivity (Wildman–Crippen MR) is 133 cm³/mol. The molecule has 0 spiro atoms. The number of benzene rings is 1. The van der Waals surface area contributed by atoms with Crippen molar-refractivity contribution in [2.75, 3.05) is 13.1 Å². The Kier molecular flexibility index (Phi) is 5.03. The van der Waals surface area contributed by atoms with Gasteiger partial charge >= 0.3 is 0 Å². The van der Waals surface area contributed by atoms with Crippen LogP contribution in [0.25, 0.3) is 22.2 Å². The molecule has 7 heteroatoms. The summed E-state index contributed by atoms with van der Waals surface area (Å²) in [5.74, 6) is 0.0724. The standard InChI is InChI=1S/C27H30N6O/c1-16-12-29-26-21(16)11-20(13-30-26)19-9-18-6-8-33(27(34)23-14-32(3)31-17(23)2)15-24(18)22(10-19)25-5-4-7-28-25/h9-14,25,28H,4-8,15H2,1-3H3,(H,29,30). The average molecular weight is 455 g/mol. The van der Waals surface area contributed by atoms with E-state index in [1.807, 2.05) is 37.5 Å². The van der Waals surface area contributed by atoms with Gasteiger partial charge in [0.2, 0.25) is 0 Å². The average Bonchev–Trinajstić information content (AvgIpc) is 3.58. The van der Waals surface area contributed by atoms with E-state index in [2.05, 4.69) is 45.5 Å². The third-order valence-electron chi connectivity index (χ3n) is 7.41. The summed E-state index contributed by atoms with van der Waals surface area (Å²) in [5.41, 5.74) is 9.95. The molecule has 6 rings (SSSR count). The van der Waals surface area contributed by atoms with Crippen LogP contribution in [0.1, 0.15) is 57.2 Å². The van der Waals surface area contributed by atoms with Crippen LogP contribution < -0.4 is 5.32 Å². The van der Waals surface area contributed by atoms with Crippen molar-refractivity contribution in [1.29, 1.82) is 0 Å². The molecule has 1 aromatic carbocycles. The minimum atomic E-state index is 0.0724. The van der Waals surface area contributed by atoms with Gasteiger partial charge < -0.3 is 15.2 Å². The lowest BCUT2D eigenvalue weighted by Gasteiger charge is -2.32. The monoisotopic (exact) mass is 454 g/mol. The lowest BCUT2D eigenvalue weighted by atomic mass is 9.87. The molecule has 2 aliphatic rings. The molecule has 5 heterocycles. The second-order valence-corrected chi connectivity index (χ2v) is 9.72. The van der Waals surface area contributed by atoms with Crippen molar-refractivity contribution in [3.8, 4) is 11.1 Å². The van der Waals surface area contributed by atoms with Crippen molar-refractivity contribution >= 4 is 16.9 Å². The number of carbonyl (C=O) groups excluding carboxylic acids is 1. The number of nitrogens with one attached hydrogen (secondary N) is 2. The van der Waals surface area contributed by atoms with Gasteiger partial charge in [0.15, 0.2) is 0 Å². The minimum Gasteiger partial charge on any atom is -0.346 e. The van der Waals surface area contributed by atoms with Gasteiger partial charge in [0.05, 0.1) is 11.3 Å². The fraction of sp³-hybridized carbons (Fsp3) is 0.370. The number of fused-ring (bicyclic) bond motifs is 2. The van der Waals surface area contributed by atoms with E-state index in [1.54, 1.807) is 4.68 Å². The van der Waals surface area contributed by atoms with E-state index in [1.165, 1.54) is 39.6 Å². The van der Waals surface area contributed by atoms with Gasteiger partial charge in [-0.3, -0.25) is 9.48 Å². The molecule has 1 fully saturated rings. The van der Waals surface area contributed by atoms with Crippen LogP contribution in [0.15, 0.2) is 36.8 Å². The first kappa shape index (κ1) is 21.1. The highest BCUT2D eigenvalue weighted by atomic mass is 16.2. The number of aromatic amines is 1. The number of amides is 1. The molecule has 2 aliphatic heterocycles. The smallest absolute Gasteiger partial charge is 0.257 e. The summed E-state index contributed by atoms with van der Waals surface area (Å²) >= 11 is 0. The van der Waals surface area contributed by atoms with E-state index in [0.29, 0.717) is 18.2 Å². The third-order valence-corrected chi connectivity index (χ3v) is 7.41. The molecule has 0 radical (unpaired) electrons. The van der Waals surface area contributed by atoms with Crippen LogP contribution in [0.2, 0.25) is 0 Å². The van der Waals surface area contributed by atoms with E-state index in [-0.39, 0.29) is 5.91 Å². The first-order valence-electron chi connectivity index (χ1n) is 12.1. The molecule has 0 aliphatic carbocycles. The molecule has 0 saturated carbocycles. The highest BCUT2D eigenvalue weighted by Gasteiger charge is 2.29. The molecule has 1 saturated heterocycles. The van der Waals surface area contributed by atoms with Crippen molar-refractivity contribution in [1.82, 2.24) is 30.0 Å². The van der Waals surface area contributed by atoms with E-state index >= 15 is 0 Å². The summed E-state index contributed by atoms with van der Waals surface area (Å²) in [7, 11) is 1.86. The molecule has 174 valence electrons. The minimum absolute atomic E-state index is 0.0724. The largest absolute Gasteiger partial charge is 0.346 e. The van der Waals surface area contributed by atoms with E-state index in [9.17, 15) is 4.79 Å². The van der Waals surface area contributed by atoms with Crippen LogP contribution in [0.3, 0.4) is 0 Å². The zero-order valence-electron chi connectivity index (χ0n) is 20.0. The van der Waals surface area contributed by atoms with Crippen molar-refractivity contribution < 1.29 is 4.79 Å². The number of H-pyrrole nitrogens is 1. The maximum atomic E-state index is 13.3. The Bertz CT molecular complexity index is 1410. The van der Waals surface area contributed by atoms with Crippen LogP contribution in [-0.2, 0) is 20.0 Å². The molecule has 1 unspecified atom stereocenters. The molecule has 1 atom stereocenters. The molecular formula is C27H30N6O. The maximum Gasteiger partial charge on any atom is 0.257 e. The summed E-state index contributed by atoms with van der Waals surface area (Å²) in [6.07, 6.45) is 8.97. The normalized spacial score (nSPS) is 18.0. The number of nitrogens with zero attached hydrogens (tertiary/aromatic N) is 4. The van der Waals surface area contributed by atoms with Crippen molar-refractivity contribution in [3.05, 3.63) is 70.3 Å². The van der Waals surface area contributed by atoms with Gasteiger partial charge in [0.1, 0.15) is 5.65 Å². The SMILES string of the molecule is Cc1nn(C)cc1C(=O)N1CCc2cc(-c3cnc4[nH]cc(C)c4c3)cc(C3CCCN3)c2C1. The lowest BCUT2D eigenvalue weighted by molar-refractivity contribution is 0.0733. The van der Waals surface area contributed by atoms with Gasteiger partial charge in [-0.1, -0.05) is 6.07 Å². The lowest BCUT2D eigenvalue weighted by Crippen LogP contribution is -2.37. The van der Waals surface area contributed by atoms with Crippen LogP contribution in [0.5, 0.6) is 0 Å². The summed E-state index contributed by atoms with van der Waals surface area (Å²) in [6.45, 7) is 6.42. The maximum absolute atomic E-state index is 13.3. The number of aromatic nitrogens is 4. The van der Waals surface area contributed by atoms with Crippen molar-refractivity contribution in [3.63, 3.8) is 0 Å². The molecule has 34 heavy (non-hydrogen) atoms. The number of pyridine rings is 1. The van der Waals surface area contributed by atoms with E-state index in [0.717, 1.165) is 42.8 Å². The molecule has 2 N–H and O–H groups in total. The Labute approximate surface area is 199 Å². The Morgan fingerprint density at radius 2 is 2.06 bits per heavy atom. The molecule has 7 nitrogen and oxygen atoms in total. The van der Waals surface area contributed by atoms with Gasteiger partial charge in [0, 0.05) is 55.7 Å². The van der Waals surface area contributed by atoms with Crippen molar-refractivity contribution in [2.45, 2.75) is 45.7 Å². The van der Waals surface area contributed by atoms with Gasteiger partial charge in [-0.15, -0.1) is 0 Å². The molecule has 0 bridgehead atoms. The Morgan fingerprint density at radius 3 is 2.82 bits per heavy atom. The summed E-state index contributed by atoms with van der Waals surface area (Å²) < 4.78 is 1.72. The Morgan fingerprint density at radius 1 is 1.18 bits per heavy atom. The number of rotatable bonds is 3. The number of carbonyl (C=O) groups is 1. The summed E-state index contributed by atoms with van der Waals surface area (Å²) in [4.78, 5) is 23.2. The van der Waals surface area contributed by atoms with Crippen LogP contribution in [0.4, 0.5) is 0 Å². The van der Waals surface area contributed by atoms with Crippen LogP contribution >= 0.6 is 0 Å². The van der Waals surface area contributed by atoms with Crippen molar-refractivity contribution in [2.24, 2.45) is 7.05 Å².